The number of anilines is 1. The Kier molecular flexibility index (Phi) is 4.50. The van der Waals surface area contributed by atoms with Gasteiger partial charge in [0, 0.05) is 24.2 Å². The van der Waals surface area contributed by atoms with E-state index in [1.54, 1.807) is 19.1 Å². The number of benzene rings is 2. The lowest BCUT2D eigenvalue weighted by molar-refractivity contribution is -0.117. The Morgan fingerprint density at radius 3 is 2.26 bits per heavy atom. The Balaban J connectivity index is 1.51. The molecule has 4 rings (SSSR count). The molecule has 2 heterocycles. The first kappa shape index (κ1) is 17.1. The lowest BCUT2D eigenvalue weighted by Gasteiger charge is -2.16. The van der Waals surface area contributed by atoms with Gasteiger partial charge in [0.1, 0.15) is 11.5 Å². The molecule has 1 atom stereocenters. The molecule has 0 aliphatic carbocycles. The predicted molar refractivity (Wildman–Crippen MR) is 99.0 cm³/mol. The maximum absolute atomic E-state index is 12.5. The second kappa shape index (κ2) is 7.11. The van der Waals surface area contributed by atoms with E-state index in [1.807, 2.05) is 48.5 Å². The third kappa shape index (κ3) is 3.36. The number of ether oxygens (including phenoxy) is 2. The smallest absolute Gasteiger partial charge is 0.232 e. The molecular weight excluding hydrogens is 346 g/mol. The molecule has 3 aromatic rings. The predicted octanol–water partition coefficient (Wildman–Crippen LogP) is 3.27. The zero-order valence-electron chi connectivity index (χ0n) is 15.1. The molecule has 0 spiro atoms. The fourth-order valence-electron chi connectivity index (χ4n) is 3.14. The highest BCUT2D eigenvalue weighted by atomic mass is 16.5. The van der Waals surface area contributed by atoms with Crippen LogP contribution < -0.4 is 14.4 Å². The summed E-state index contributed by atoms with van der Waals surface area (Å²) in [6.45, 7) is 0.509. The summed E-state index contributed by atoms with van der Waals surface area (Å²) in [5, 5.41) is 4.06. The molecule has 7 heteroatoms. The van der Waals surface area contributed by atoms with Gasteiger partial charge < -0.3 is 18.9 Å². The number of aromatic nitrogens is 2. The number of rotatable bonds is 5. The molecule has 0 N–H and O–H groups in total. The highest BCUT2D eigenvalue weighted by molar-refractivity contribution is 5.96. The van der Waals surface area contributed by atoms with Crippen LogP contribution in [-0.2, 0) is 4.79 Å². The second-order valence-corrected chi connectivity index (χ2v) is 6.29. The zero-order valence-corrected chi connectivity index (χ0v) is 15.1. The summed E-state index contributed by atoms with van der Waals surface area (Å²) in [6.07, 6.45) is 0.344. The van der Waals surface area contributed by atoms with Crippen molar-refractivity contribution < 1.29 is 18.8 Å². The normalized spacial score (nSPS) is 16.6. The van der Waals surface area contributed by atoms with Gasteiger partial charge in [-0.25, -0.2) is 0 Å². The quantitative estimate of drug-likeness (QED) is 0.691. The third-order valence-electron chi connectivity index (χ3n) is 4.65. The van der Waals surface area contributed by atoms with E-state index in [2.05, 4.69) is 10.1 Å². The van der Waals surface area contributed by atoms with Crippen LogP contribution in [-0.4, -0.2) is 36.8 Å². The van der Waals surface area contributed by atoms with Gasteiger partial charge in [0.25, 0.3) is 0 Å². The Hall–Kier alpha value is -3.35. The fraction of sp³-hybridized carbons (Fsp3) is 0.250. The molecule has 0 bridgehead atoms. The second-order valence-electron chi connectivity index (χ2n) is 6.29. The first-order valence-electron chi connectivity index (χ1n) is 8.60. The van der Waals surface area contributed by atoms with Crippen molar-refractivity contribution in [1.29, 1.82) is 0 Å². The minimum atomic E-state index is -0.126. The minimum absolute atomic E-state index is 0.0364. The summed E-state index contributed by atoms with van der Waals surface area (Å²) in [6, 6.07) is 14.8. The van der Waals surface area contributed by atoms with Crippen LogP contribution in [0.15, 0.2) is 53.1 Å². The standard InChI is InChI=1S/C20H19N3O4/c1-25-16-7-3-13(4-8-16)19-21-20(27-22-19)14-11-18(24)23(12-14)15-5-9-17(26-2)10-6-15/h3-10,14H,11-12H2,1-2H3. The van der Waals surface area contributed by atoms with E-state index in [0.717, 1.165) is 22.7 Å². The summed E-state index contributed by atoms with van der Waals surface area (Å²) in [5.74, 6) is 2.41. The Morgan fingerprint density at radius 1 is 1.00 bits per heavy atom. The zero-order chi connectivity index (χ0) is 18.8. The van der Waals surface area contributed by atoms with Gasteiger partial charge in [-0.3, -0.25) is 4.79 Å². The van der Waals surface area contributed by atoms with E-state index in [1.165, 1.54) is 0 Å². The Morgan fingerprint density at radius 2 is 1.63 bits per heavy atom. The van der Waals surface area contributed by atoms with Gasteiger partial charge in [0.05, 0.1) is 20.1 Å². The Bertz CT molecular complexity index is 935. The van der Waals surface area contributed by atoms with E-state index in [9.17, 15) is 4.79 Å². The van der Waals surface area contributed by atoms with Gasteiger partial charge >= 0.3 is 0 Å². The molecule has 1 fully saturated rings. The van der Waals surface area contributed by atoms with E-state index in [4.69, 9.17) is 14.0 Å². The highest BCUT2D eigenvalue weighted by Gasteiger charge is 2.35. The number of nitrogens with zero attached hydrogens (tertiary/aromatic N) is 3. The molecule has 1 saturated heterocycles. The van der Waals surface area contributed by atoms with Crippen LogP contribution in [0.25, 0.3) is 11.4 Å². The van der Waals surface area contributed by atoms with E-state index >= 15 is 0 Å². The van der Waals surface area contributed by atoms with Gasteiger partial charge in [0.2, 0.25) is 17.6 Å². The molecule has 2 aromatic carbocycles. The molecule has 1 aliphatic rings. The number of carbonyl (C=O) groups excluding carboxylic acids is 1. The largest absolute Gasteiger partial charge is 0.497 e. The fourth-order valence-corrected chi connectivity index (χ4v) is 3.14. The molecule has 1 unspecified atom stereocenters. The number of hydrogen-bond donors (Lipinski definition) is 0. The van der Waals surface area contributed by atoms with Crippen molar-refractivity contribution in [1.82, 2.24) is 10.1 Å². The summed E-state index contributed by atoms with van der Waals surface area (Å²) in [7, 11) is 3.23. The molecule has 0 radical (unpaired) electrons. The first-order chi connectivity index (χ1) is 13.2. The first-order valence-corrected chi connectivity index (χ1v) is 8.60. The lowest BCUT2D eigenvalue weighted by atomic mass is 10.1. The molecule has 138 valence electrons. The van der Waals surface area contributed by atoms with Crippen LogP contribution in [0.4, 0.5) is 5.69 Å². The highest BCUT2D eigenvalue weighted by Crippen LogP contribution is 2.32. The number of methoxy groups -OCH3 is 2. The SMILES string of the molecule is COc1ccc(-c2noc(C3CC(=O)N(c4ccc(OC)cc4)C3)n2)cc1. The molecule has 27 heavy (non-hydrogen) atoms. The van der Waals surface area contributed by atoms with Crippen LogP contribution in [0.5, 0.6) is 11.5 Å². The van der Waals surface area contributed by atoms with Crippen LogP contribution in [0.3, 0.4) is 0 Å². The summed E-state index contributed by atoms with van der Waals surface area (Å²) in [4.78, 5) is 18.7. The molecule has 1 aromatic heterocycles. The average molecular weight is 365 g/mol. The molecule has 1 aliphatic heterocycles. The maximum Gasteiger partial charge on any atom is 0.232 e. The average Bonchev–Trinajstić information content (AvgIpc) is 3.35. The van der Waals surface area contributed by atoms with Gasteiger partial charge in [-0.1, -0.05) is 5.16 Å². The summed E-state index contributed by atoms with van der Waals surface area (Å²) in [5.41, 5.74) is 1.67. The molecular formula is C20H19N3O4. The summed E-state index contributed by atoms with van der Waals surface area (Å²) < 4.78 is 15.8. The van der Waals surface area contributed by atoms with Crippen molar-refractivity contribution in [3.8, 4) is 22.9 Å². The monoisotopic (exact) mass is 365 g/mol. The Labute approximate surface area is 156 Å². The number of hydrogen-bond acceptors (Lipinski definition) is 6. The lowest BCUT2D eigenvalue weighted by Crippen LogP contribution is -2.24. The number of amides is 1. The van der Waals surface area contributed by atoms with Crippen molar-refractivity contribution >= 4 is 11.6 Å². The van der Waals surface area contributed by atoms with Gasteiger partial charge in [-0.15, -0.1) is 0 Å². The van der Waals surface area contributed by atoms with Gasteiger partial charge in [-0.05, 0) is 48.5 Å². The molecule has 7 nitrogen and oxygen atoms in total. The van der Waals surface area contributed by atoms with Gasteiger partial charge in [-0.2, -0.15) is 4.98 Å². The molecule has 1 amide bonds. The third-order valence-corrected chi connectivity index (χ3v) is 4.65. The van der Waals surface area contributed by atoms with E-state index < -0.39 is 0 Å². The maximum atomic E-state index is 12.5. The van der Waals surface area contributed by atoms with Crippen LogP contribution in [0, 0.1) is 0 Å². The molecule has 0 saturated carbocycles. The van der Waals surface area contributed by atoms with Crippen molar-refractivity contribution in [3.63, 3.8) is 0 Å². The van der Waals surface area contributed by atoms with Gasteiger partial charge in [0.15, 0.2) is 0 Å². The van der Waals surface area contributed by atoms with Crippen molar-refractivity contribution in [2.24, 2.45) is 0 Å². The van der Waals surface area contributed by atoms with Crippen molar-refractivity contribution in [2.45, 2.75) is 12.3 Å². The van der Waals surface area contributed by atoms with Crippen LogP contribution in [0.1, 0.15) is 18.2 Å². The topological polar surface area (TPSA) is 77.7 Å². The van der Waals surface area contributed by atoms with Crippen LogP contribution >= 0.6 is 0 Å². The number of carbonyl (C=O) groups is 1. The van der Waals surface area contributed by atoms with Crippen molar-refractivity contribution in [2.75, 3.05) is 25.7 Å². The van der Waals surface area contributed by atoms with Crippen molar-refractivity contribution in [3.05, 3.63) is 54.4 Å². The minimum Gasteiger partial charge on any atom is -0.497 e. The van der Waals surface area contributed by atoms with E-state index in [0.29, 0.717) is 24.7 Å². The summed E-state index contributed by atoms with van der Waals surface area (Å²) >= 11 is 0. The van der Waals surface area contributed by atoms with E-state index in [-0.39, 0.29) is 11.8 Å². The van der Waals surface area contributed by atoms with Crippen LogP contribution in [0.2, 0.25) is 0 Å².